The normalized spacial score (nSPS) is 14.6. The van der Waals surface area contributed by atoms with Gasteiger partial charge in [-0.15, -0.1) is 0 Å². The van der Waals surface area contributed by atoms with Gasteiger partial charge in [-0.1, -0.05) is 30.3 Å². The Morgan fingerprint density at radius 1 is 0.903 bits per heavy atom. The fraction of sp³-hybridized carbons (Fsp3) is 0.222. The molecule has 4 nitrogen and oxygen atoms in total. The molecule has 0 aliphatic carbocycles. The predicted octanol–water partition coefficient (Wildman–Crippen LogP) is 6.00. The maximum Gasteiger partial charge on any atom is 0.209 e. The van der Waals surface area contributed by atoms with Crippen molar-refractivity contribution in [3.8, 4) is 22.6 Å². The maximum atomic E-state index is 5.54. The van der Waals surface area contributed by atoms with Crippen molar-refractivity contribution in [1.29, 1.82) is 0 Å². The molecule has 158 valence electrons. The summed E-state index contributed by atoms with van der Waals surface area (Å²) in [7, 11) is 5.46. The quantitative estimate of drug-likeness (QED) is 0.503. The molecule has 0 atom stereocenters. The Bertz CT molecular complexity index is 1160. The molecule has 0 saturated heterocycles. The SMILES string of the molecule is COc1ccc(-c2ccc(NC=CC3=[N+](C)c4ccccc4C3(C)C)cc2)c(OC)c1. The van der Waals surface area contributed by atoms with Gasteiger partial charge >= 0.3 is 0 Å². The van der Waals surface area contributed by atoms with E-state index >= 15 is 0 Å². The van der Waals surface area contributed by atoms with Crippen LogP contribution in [0.2, 0.25) is 0 Å². The molecule has 0 amide bonds. The zero-order chi connectivity index (χ0) is 22.0. The molecule has 4 rings (SSSR count). The number of benzene rings is 3. The lowest BCUT2D eigenvalue weighted by atomic mass is 9.81. The van der Waals surface area contributed by atoms with Crippen LogP contribution < -0.4 is 14.8 Å². The van der Waals surface area contributed by atoms with Gasteiger partial charge in [-0.05, 0) is 43.7 Å². The van der Waals surface area contributed by atoms with Crippen LogP contribution in [0.4, 0.5) is 11.4 Å². The van der Waals surface area contributed by atoms with Crippen molar-refractivity contribution in [3.63, 3.8) is 0 Å². The Morgan fingerprint density at radius 2 is 1.65 bits per heavy atom. The summed E-state index contributed by atoms with van der Waals surface area (Å²) in [6.07, 6.45) is 4.18. The highest BCUT2D eigenvalue weighted by Crippen LogP contribution is 2.39. The third kappa shape index (κ3) is 3.81. The van der Waals surface area contributed by atoms with Gasteiger partial charge in [0, 0.05) is 41.2 Å². The van der Waals surface area contributed by atoms with Gasteiger partial charge in [-0.3, -0.25) is 0 Å². The lowest BCUT2D eigenvalue weighted by Gasteiger charge is -2.15. The first kappa shape index (κ1) is 20.7. The smallest absolute Gasteiger partial charge is 0.209 e. The van der Waals surface area contributed by atoms with Crippen molar-refractivity contribution >= 4 is 17.1 Å². The monoisotopic (exact) mass is 413 g/mol. The van der Waals surface area contributed by atoms with Crippen LogP contribution in [0.1, 0.15) is 19.4 Å². The minimum absolute atomic E-state index is 0.0295. The molecule has 1 aliphatic heterocycles. The fourth-order valence-corrected chi connectivity index (χ4v) is 4.30. The predicted molar refractivity (Wildman–Crippen MR) is 128 cm³/mol. The maximum absolute atomic E-state index is 5.54. The minimum atomic E-state index is -0.0295. The summed E-state index contributed by atoms with van der Waals surface area (Å²) in [4.78, 5) is 0. The number of hydrogen-bond acceptors (Lipinski definition) is 3. The van der Waals surface area contributed by atoms with E-state index in [0.29, 0.717) is 0 Å². The van der Waals surface area contributed by atoms with Gasteiger partial charge in [-0.25, -0.2) is 0 Å². The summed E-state index contributed by atoms with van der Waals surface area (Å²) in [5.41, 5.74) is 7.02. The Kier molecular flexibility index (Phi) is 5.55. The minimum Gasteiger partial charge on any atom is -0.497 e. The molecule has 3 aromatic rings. The zero-order valence-electron chi connectivity index (χ0n) is 18.8. The fourth-order valence-electron chi connectivity index (χ4n) is 4.30. The van der Waals surface area contributed by atoms with Crippen molar-refractivity contribution in [2.75, 3.05) is 26.6 Å². The molecule has 0 aromatic heterocycles. The van der Waals surface area contributed by atoms with Crippen LogP contribution in [0.3, 0.4) is 0 Å². The van der Waals surface area contributed by atoms with Gasteiger partial charge in [0.15, 0.2) is 5.71 Å². The van der Waals surface area contributed by atoms with Gasteiger partial charge in [0.1, 0.15) is 18.5 Å². The van der Waals surface area contributed by atoms with E-state index in [-0.39, 0.29) is 5.41 Å². The highest BCUT2D eigenvalue weighted by Gasteiger charge is 2.42. The molecule has 4 heteroatoms. The largest absolute Gasteiger partial charge is 0.497 e. The standard InChI is InChI=1S/C27H28N2O2/c1-27(2)23-8-6-7-9-24(23)29(3)26(27)16-17-28-20-12-10-19(11-13-20)22-15-14-21(30-4)18-25(22)31-5/h6-18H,1-5H3/p+1. The second-order valence-electron chi connectivity index (χ2n) is 8.21. The summed E-state index contributed by atoms with van der Waals surface area (Å²) in [5.74, 6) is 1.57. The third-order valence-corrected chi connectivity index (χ3v) is 6.04. The van der Waals surface area contributed by atoms with Crippen LogP contribution in [0.15, 0.2) is 79.0 Å². The number of ether oxygens (including phenoxy) is 2. The van der Waals surface area contributed by atoms with Crippen LogP contribution in [0.25, 0.3) is 11.1 Å². The second kappa shape index (κ2) is 8.31. The lowest BCUT2D eigenvalue weighted by Crippen LogP contribution is -2.26. The number of nitrogens with one attached hydrogen (secondary N) is 1. The molecular weight excluding hydrogens is 384 g/mol. The Labute approximate surface area is 184 Å². The Morgan fingerprint density at radius 3 is 2.32 bits per heavy atom. The zero-order valence-corrected chi connectivity index (χ0v) is 18.8. The van der Waals surface area contributed by atoms with Crippen LogP contribution >= 0.6 is 0 Å². The third-order valence-electron chi connectivity index (χ3n) is 6.04. The molecular formula is C27H29N2O2+. The molecule has 0 bridgehead atoms. The van der Waals surface area contributed by atoms with E-state index < -0.39 is 0 Å². The van der Waals surface area contributed by atoms with E-state index in [2.05, 4.69) is 85.4 Å². The first-order chi connectivity index (χ1) is 15.0. The lowest BCUT2D eigenvalue weighted by molar-refractivity contribution is -0.401. The number of anilines is 1. The number of fused-ring (bicyclic) bond motifs is 1. The first-order valence-corrected chi connectivity index (χ1v) is 10.4. The van der Waals surface area contributed by atoms with Crippen LogP contribution in [-0.2, 0) is 5.41 Å². The van der Waals surface area contributed by atoms with Crippen molar-refractivity contribution in [3.05, 3.63) is 84.6 Å². The molecule has 1 aliphatic rings. The highest BCUT2D eigenvalue weighted by atomic mass is 16.5. The van der Waals surface area contributed by atoms with Crippen LogP contribution in [0.5, 0.6) is 11.5 Å². The molecule has 0 saturated carbocycles. The average Bonchev–Trinajstić information content (AvgIpc) is 3.00. The van der Waals surface area contributed by atoms with E-state index in [4.69, 9.17) is 9.47 Å². The van der Waals surface area contributed by atoms with E-state index in [1.54, 1.807) is 14.2 Å². The number of allylic oxidation sites excluding steroid dienone is 1. The van der Waals surface area contributed by atoms with Gasteiger partial charge < -0.3 is 14.8 Å². The van der Waals surface area contributed by atoms with Gasteiger partial charge in [-0.2, -0.15) is 4.58 Å². The molecule has 0 fully saturated rings. The topological polar surface area (TPSA) is 33.5 Å². The first-order valence-electron chi connectivity index (χ1n) is 10.4. The Hall–Kier alpha value is -3.53. The molecule has 3 aromatic carbocycles. The highest BCUT2D eigenvalue weighted by molar-refractivity contribution is 6.03. The van der Waals surface area contributed by atoms with E-state index in [9.17, 15) is 0 Å². The van der Waals surface area contributed by atoms with Gasteiger partial charge in [0.25, 0.3) is 0 Å². The summed E-state index contributed by atoms with van der Waals surface area (Å²) in [6, 6.07) is 22.8. The van der Waals surface area contributed by atoms with E-state index in [1.165, 1.54) is 17.0 Å². The molecule has 0 spiro atoms. The van der Waals surface area contributed by atoms with Crippen molar-refractivity contribution in [2.45, 2.75) is 19.3 Å². The average molecular weight is 414 g/mol. The molecule has 1 heterocycles. The van der Waals surface area contributed by atoms with E-state index in [0.717, 1.165) is 28.3 Å². The van der Waals surface area contributed by atoms with Crippen molar-refractivity contribution in [1.82, 2.24) is 0 Å². The Balaban J connectivity index is 1.51. The molecule has 0 radical (unpaired) electrons. The summed E-state index contributed by atoms with van der Waals surface area (Å²) < 4.78 is 13.1. The van der Waals surface area contributed by atoms with Crippen LogP contribution in [0, 0.1) is 0 Å². The molecule has 1 N–H and O–H groups in total. The second-order valence-corrected chi connectivity index (χ2v) is 8.21. The van der Waals surface area contributed by atoms with Crippen LogP contribution in [-0.4, -0.2) is 31.6 Å². The van der Waals surface area contributed by atoms with E-state index in [1.807, 2.05) is 24.4 Å². The van der Waals surface area contributed by atoms with Crippen molar-refractivity contribution < 1.29 is 14.0 Å². The molecule has 0 unspecified atom stereocenters. The number of rotatable bonds is 6. The van der Waals surface area contributed by atoms with Gasteiger partial charge in [0.05, 0.1) is 19.6 Å². The summed E-state index contributed by atoms with van der Waals surface area (Å²) in [5, 5.41) is 3.40. The number of methoxy groups -OCH3 is 2. The number of hydrogen-bond donors (Lipinski definition) is 1. The molecule has 31 heavy (non-hydrogen) atoms. The number of para-hydroxylation sites is 1. The van der Waals surface area contributed by atoms with Gasteiger partial charge in [0.2, 0.25) is 5.69 Å². The van der Waals surface area contributed by atoms with Crippen molar-refractivity contribution in [2.24, 2.45) is 0 Å². The summed E-state index contributed by atoms with van der Waals surface area (Å²) in [6.45, 7) is 4.54. The summed E-state index contributed by atoms with van der Waals surface area (Å²) >= 11 is 0. The number of nitrogens with zero attached hydrogens (tertiary/aromatic N) is 1.